The molecule has 0 spiro atoms. The highest BCUT2D eigenvalue weighted by Crippen LogP contribution is 2.25. The molecule has 2 amide bonds. The Labute approximate surface area is 148 Å². The summed E-state index contributed by atoms with van der Waals surface area (Å²) in [6.45, 7) is 2.86. The van der Waals surface area contributed by atoms with Crippen LogP contribution in [0.25, 0.3) is 0 Å². The van der Waals surface area contributed by atoms with Gasteiger partial charge in [0.05, 0.1) is 16.0 Å². The molecule has 0 aliphatic carbocycles. The first-order valence-electron chi connectivity index (χ1n) is 7.63. The topological polar surface area (TPSA) is 80.8 Å². The van der Waals surface area contributed by atoms with Gasteiger partial charge in [0.2, 0.25) is 5.78 Å². The summed E-state index contributed by atoms with van der Waals surface area (Å²) < 4.78 is 5.01. The van der Waals surface area contributed by atoms with Gasteiger partial charge in [-0.3, -0.25) is 19.3 Å². The Bertz CT molecular complexity index is 850. The van der Waals surface area contributed by atoms with E-state index in [1.807, 2.05) is 6.92 Å². The summed E-state index contributed by atoms with van der Waals surface area (Å²) in [4.78, 5) is 51.2. The van der Waals surface area contributed by atoms with E-state index < -0.39 is 30.4 Å². The number of thiophene rings is 1. The molecule has 7 heteroatoms. The minimum Gasteiger partial charge on any atom is -0.456 e. The molecular weight excluding hydrogens is 342 g/mol. The van der Waals surface area contributed by atoms with E-state index in [0.29, 0.717) is 4.88 Å². The molecule has 6 nitrogen and oxygen atoms in total. The fraction of sp³-hybridized carbons (Fsp3) is 0.222. The molecule has 3 rings (SSSR count). The largest absolute Gasteiger partial charge is 0.456 e. The van der Waals surface area contributed by atoms with Gasteiger partial charge in [0.25, 0.3) is 11.8 Å². The van der Waals surface area contributed by atoms with Crippen LogP contribution in [0.3, 0.4) is 0 Å². The lowest BCUT2D eigenvalue weighted by Gasteiger charge is -2.20. The van der Waals surface area contributed by atoms with Crippen molar-refractivity contribution in [3.8, 4) is 0 Å². The van der Waals surface area contributed by atoms with Crippen molar-refractivity contribution in [1.29, 1.82) is 0 Å². The molecule has 25 heavy (non-hydrogen) atoms. The summed E-state index contributed by atoms with van der Waals surface area (Å²) in [5, 5.41) is 0. The molecule has 1 aliphatic rings. The van der Waals surface area contributed by atoms with E-state index in [2.05, 4.69) is 0 Å². The van der Waals surface area contributed by atoms with Crippen molar-refractivity contribution >= 4 is 34.9 Å². The van der Waals surface area contributed by atoms with Crippen LogP contribution in [0.5, 0.6) is 0 Å². The number of carbonyl (C=O) groups excluding carboxylic acids is 4. The molecule has 2 aromatic rings. The van der Waals surface area contributed by atoms with Crippen molar-refractivity contribution in [3.05, 3.63) is 57.3 Å². The number of rotatable bonds is 5. The molecule has 1 aromatic carbocycles. The van der Waals surface area contributed by atoms with Gasteiger partial charge in [0, 0.05) is 4.88 Å². The first kappa shape index (κ1) is 17.0. The van der Waals surface area contributed by atoms with Crippen molar-refractivity contribution in [1.82, 2.24) is 4.90 Å². The number of Topliss-reactive ketones (excluding diaryl/α,β-unsaturated/α-hetero) is 1. The number of ketones is 1. The molecule has 0 fully saturated rings. The molecule has 128 valence electrons. The fourth-order valence-electron chi connectivity index (χ4n) is 2.58. The number of imide groups is 1. The Morgan fingerprint density at radius 1 is 1.08 bits per heavy atom. The van der Waals surface area contributed by atoms with E-state index in [0.717, 1.165) is 9.78 Å². The first-order valence-corrected chi connectivity index (χ1v) is 8.45. The number of hydrogen-bond donors (Lipinski definition) is 0. The summed E-state index contributed by atoms with van der Waals surface area (Å²) in [6, 6.07) is 8.75. The van der Waals surface area contributed by atoms with E-state index in [-0.39, 0.29) is 16.9 Å². The number of benzene rings is 1. The van der Waals surface area contributed by atoms with Crippen LogP contribution >= 0.6 is 11.3 Å². The van der Waals surface area contributed by atoms with Gasteiger partial charge in [-0.25, -0.2) is 4.79 Å². The zero-order valence-electron chi connectivity index (χ0n) is 13.6. The number of hydrogen-bond acceptors (Lipinski definition) is 6. The van der Waals surface area contributed by atoms with Gasteiger partial charge in [-0.2, -0.15) is 0 Å². The Morgan fingerprint density at radius 2 is 1.68 bits per heavy atom. The third-order valence-corrected chi connectivity index (χ3v) is 4.96. The highest BCUT2D eigenvalue weighted by atomic mass is 32.1. The van der Waals surface area contributed by atoms with E-state index in [9.17, 15) is 19.2 Å². The normalized spacial score (nSPS) is 14.4. The standard InChI is InChI=1S/C18H15NO5S/c1-10-7-8-15(25-10)14(20)9-24-18(23)11(2)19-16(21)12-5-3-4-6-13(12)17(19)22/h3-8,11H,9H2,1-2H3/t11-/m1/s1. The van der Waals surface area contributed by atoms with Gasteiger partial charge in [-0.15, -0.1) is 11.3 Å². The number of amides is 2. The quantitative estimate of drug-likeness (QED) is 0.466. The molecule has 0 bridgehead atoms. The lowest BCUT2D eigenvalue weighted by molar-refractivity contribution is -0.146. The number of nitrogens with zero attached hydrogens (tertiary/aromatic N) is 1. The highest BCUT2D eigenvalue weighted by Gasteiger charge is 2.41. The van der Waals surface area contributed by atoms with Crippen LogP contribution in [0.15, 0.2) is 36.4 Å². The van der Waals surface area contributed by atoms with Gasteiger partial charge in [-0.1, -0.05) is 12.1 Å². The predicted octanol–water partition coefficient (Wildman–Crippen LogP) is 2.47. The Kier molecular flexibility index (Phi) is 4.50. The second-order valence-corrected chi connectivity index (χ2v) is 6.93. The monoisotopic (exact) mass is 357 g/mol. The maximum Gasteiger partial charge on any atom is 0.329 e. The van der Waals surface area contributed by atoms with E-state index >= 15 is 0 Å². The van der Waals surface area contributed by atoms with Crippen molar-refractivity contribution in [3.63, 3.8) is 0 Å². The van der Waals surface area contributed by atoms with Crippen LogP contribution in [-0.4, -0.2) is 41.1 Å². The minimum atomic E-state index is -1.11. The van der Waals surface area contributed by atoms with Gasteiger partial charge in [-0.05, 0) is 38.1 Å². The van der Waals surface area contributed by atoms with E-state index in [4.69, 9.17) is 4.74 Å². The van der Waals surface area contributed by atoms with Gasteiger partial charge in [0.15, 0.2) is 6.61 Å². The Morgan fingerprint density at radius 3 is 2.20 bits per heavy atom. The fourth-order valence-corrected chi connectivity index (χ4v) is 3.37. The summed E-state index contributed by atoms with van der Waals surface area (Å²) in [6.07, 6.45) is 0. The number of aryl methyl sites for hydroxylation is 1. The zero-order chi connectivity index (χ0) is 18.1. The van der Waals surface area contributed by atoms with Crippen LogP contribution in [0.2, 0.25) is 0 Å². The van der Waals surface area contributed by atoms with Crippen molar-refractivity contribution in [2.75, 3.05) is 6.61 Å². The summed E-state index contributed by atoms with van der Waals surface area (Å²) in [7, 11) is 0. The molecule has 2 heterocycles. The average Bonchev–Trinajstić information content (AvgIpc) is 3.15. The Hall–Kier alpha value is -2.80. The maximum atomic E-state index is 12.3. The van der Waals surface area contributed by atoms with Crippen molar-refractivity contribution < 1.29 is 23.9 Å². The van der Waals surface area contributed by atoms with Crippen LogP contribution in [-0.2, 0) is 9.53 Å². The molecular formula is C18H15NO5S. The number of ether oxygens (including phenoxy) is 1. The van der Waals surface area contributed by atoms with Crippen LogP contribution in [0, 0.1) is 6.92 Å². The molecule has 1 aliphatic heterocycles. The lowest BCUT2D eigenvalue weighted by atomic mass is 10.1. The number of carbonyl (C=O) groups is 4. The minimum absolute atomic E-state index is 0.261. The second kappa shape index (κ2) is 6.60. The molecule has 0 saturated heterocycles. The van der Waals surface area contributed by atoms with Crippen LogP contribution < -0.4 is 0 Å². The third-order valence-electron chi connectivity index (χ3n) is 3.91. The van der Waals surface area contributed by atoms with Gasteiger partial charge in [0.1, 0.15) is 6.04 Å². The third kappa shape index (κ3) is 3.10. The summed E-state index contributed by atoms with van der Waals surface area (Å²) in [5.74, 6) is -2.19. The molecule has 0 unspecified atom stereocenters. The summed E-state index contributed by atoms with van der Waals surface area (Å²) >= 11 is 1.31. The molecule has 1 atom stereocenters. The average molecular weight is 357 g/mol. The van der Waals surface area contributed by atoms with Crippen molar-refractivity contribution in [2.24, 2.45) is 0 Å². The highest BCUT2D eigenvalue weighted by molar-refractivity contribution is 7.14. The molecule has 0 radical (unpaired) electrons. The molecule has 1 aromatic heterocycles. The lowest BCUT2D eigenvalue weighted by Crippen LogP contribution is -2.44. The predicted molar refractivity (Wildman–Crippen MR) is 90.7 cm³/mol. The van der Waals surface area contributed by atoms with E-state index in [1.54, 1.807) is 24.3 Å². The SMILES string of the molecule is Cc1ccc(C(=O)COC(=O)[C@@H](C)N2C(=O)c3ccccc3C2=O)s1. The second-order valence-electron chi connectivity index (χ2n) is 5.64. The molecule has 0 saturated carbocycles. The summed E-state index contributed by atoms with van der Waals surface area (Å²) in [5.41, 5.74) is 0.523. The van der Waals surface area contributed by atoms with Crippen molar-refractivity contribution in [2.45, 2.75) is 19.9 Å². The van der Waals surface area contributed by atoms with E-state index in [1.165, 1.54) is 30.4 Å². The van der Waals surface area contributed by atoms with Crippen LogP contribution in [0.1, 0.15) is 42.2 Å². The Balaban J connectivity index is 1.66. The number of fused-ring (bicyclic) bond motifs is 1. The first-order chi connectivity index (χ1) is 11.9. The smallest absolute Gasteiger partial charge is 0.329 e. The maximum absolute atomic E-state index is 12.3. The van der Waals surface area contributed by atoms with Gasteiger partial charge < -0.3 is 4.74 Å². The van der Waals surface area contributed by atoms with Gasteiger partial charge >= 0.3 is 5.97 Å². The zero-order valence-corrected chi connectivity index (χ0v) is 14.5. The molecule has 0 N–H and O–H groups in total. The number of esters is 1. The van der Waals surface area contributed by atoms with Crippen LogP contribution in [0.4, 0.5) is 0 Å².